The molecule has 0 radical (unpaired) electrons. The lowest BCUT2D eigenvalue weighted by molar-refractivity contribution is -0.146. The van der Waals surface area contributed by atoms with Crippen LogP contribution in [0.3, 0.4) is 0 Å². The summed E-state index contributed by atoms with van der Waals surface area (Å²) in [6.45, 7) is 2.28. The van der Waals surface area contributed by atoms with E-state index in [1.54, 1.807) is 12.0 Å². The highest BCUT2D eigenvalue weighted by Gasteiger charge is 2.32. The maximum absolute atomic E-state index is 12.8. The first kappa shape index (κ1) is 17.3. The molecule has 3 rings (SSSR count). The van der Waals surface area contributed by atoms with Crippen molar-refractivity contribution in [2.45, 2.75) is 32.2 Å². The number of amides is 1. The Morgan fingerprint density at radius 1 is 1.24 bits per heavy atom. The topological polar surface area (TPSA) is 66.8 Å². The Kier molecular flexibility index (Phi) is 4.93. The van der Waals surface area contributed by atoms with Gasteiger partial charge < -0.3 is 14.7 Å². The second-order valence-electron chi connectivity index (χ2n) is 6.69. The van der Waals surface area contributed by atoms with E-state index in [0.717, 1.165) is 28.5 Å². The van der Waals surface area contributed by atoms with E-state index in [-0.39, 0.29) is 18.4 Å². The number of fused-ring (bicyclic) bond motifs is 1. The van der Waals surface area contributed by atoms with Crippen molar-refractivity contribution in [2.24, 2.45) is 5.92 Å². The molecule has 2 aromatic carbocycles. The molecule has 2 unspecified atom stereocenters. The maximum atomic E-state index is 12.8. The Hall–Kier alpha value is -2.56. The van der Waals surface area contributed by atoms with Crippen molar-refractivity contribution in [1.82, 2.24) is 4.90 Å². The zero-order valence-corrected chi connectivity index (χ0v) is 14.6. The number of rotatable bonds is 4. The van der Waals surface area contributed by atoms with Gasteiger partial charge in [0.15, 0.2) is 0 Å². The van der Waals surface area contributed by atoms with Gasteiger partial charge in [0.2, 0.25) is 5.91 Å². The third-order valence-electron chi connectivity index (χ3n) is 5.07. The van der Waals surface area contributed by atoms with Gasteiger partial charge in [-0.25, -0.2) is 0 Å². The number of hydrogen-bond acceptors (Lipinski definition) is 3. The fourth-order valence-corrected chi connectivity index (χ4v) is 3.52. The van der Waals surface area contributed by atoms with Gasteiger partial charge in [-0.1, -0.05) is 24.3 Å². The minimum absolute atomic E-state index is 0.0197. The average Bonchev–Trinajstić information content (AvgIpc) is 2.61. The van der Waals surface area contributed by atoms with Crippen molar-refractivity contribution >= 4 is 22.6 Å². The normalized spacial score (nSPS) is 20.5. The molecule has 0 bridgehead atoms. The number of ether oxygens (including phenoxy) is 1. The van der Waals surface area contributed by atoms with Crippen LogP contribution >= 0.6 is 0 Å². The van der Waals surface area contributed by atoms with Crippen molar-refractivity contribution in [3.05, 3.63) is 42.0 Å². The van der Waals surface area contributed by atoms with Crippen LogP contribution in [0.15, 0.2) is 36.4 Å². The lowest BCUT2D eigenvalue weighted by atomic mass is 9.92. The van der Waals surface area contributed by atoms with Gasteiger partial charge in [0.25, 0.3) is 0 Å². The Morgan fingerprint density at radius 3 is 2.76 bits per heavy atom. The SMILES string of the molecule is COc1ccc2cccc(CC(=O)N3CC(C(=O)O)CCC3C)c2c1. The molecular formula is C20H23NO4. The predicted octanol–water partition coefficient (Wildman–Crippen LogP) is 3.10. The highest BCUT2D eigenvalue weighted by molar-refractivity contribution is 5.91. The fraction of sp³-hybridized carbons (Fsp3) is 0.400. The van der Waals surface area contributed by atoms with Crippen molar-refractivity contribution < 1.29 is 19.4 Å². The van der Waals surface area contributed by atoms with Crippen LogP contribution in [-0.2, 0) is 16.0 Å². The number of nitrogens with zero attached hydrogens (tertiary/aromatic N) is 1. The molecular weight excluding hydrogens is 318 g/mol. The predicted molar refractivity (Wildman–Crippen MR) is 95.7 cm³/mol. The van der Waals surface area contributed by atoms with Gasteiger partial charge in [-0.2, -0.15) is 0 Å². The van der Waals surface area contributed by atoms with E-state index in [9.17, 15) is 14.7 Å². The molecule has 25 heavy (non-hydrogen) atoms. The number of carbonyl (C=O) groups excluding carboxylic acids is 1. The second-order valence-corrected chi connectivity index (χ2v) is 6.69. The number of hydrogen-bond donors (Lipinski definition) is 1. The van der Waals surface area contributed by atoms with Gasteiger partial charge in [-0.3, -0.25) is 9.59 Å². The van der Waals surface area contributed by atoms with Crippen LogP contribution in [0.5, 0.6) is 5.75 Å². The van der Waals surface area contributed by atoms with Crippen LogP contribution in [0.2, 0.25) is 0 Å². The van der Waals surface area contributed by atoms with Crippen molar-refractivity contribution in [2.75, 3.05) is 13.7 Å². The number of methoxy groups -OCH3 is 1. The molecule has 132 valence electrons. The summed E-state index contributed by atoms with van der Waals surface area (Å²) in [4.78, 5) is 25.9. The molecule has 0 aromatic heterocycles. The molecule has 5 heteroatoms. The van der Waals surface area contributed by atoms with Gasteiger partial charge in [0, 0.05) is 12.6 Å². The highest BCUT2D eigenvalue weighted by atomic mass is 16.5. The number of benzene rings is 2. The molecule has 0 saturated carbocycles. The van der Waals surface area contributed by atoms with Gasteiger partial charge in [0.1, 0.15) is 5.75 Å². The number of carboxylic acids is 1. The van der Waals surface area contributed by atoms with Crippen LogP contribution in [0.25, 0.3) is 10.8 Å². The Labute approximate surface area is 147 Å². The van der Waals surface area contributed by atoms with E-state index < -0.39 is 11.9 Å². The number of carboxylic acid groups (broad SMARTS) is 1. The van der Waals surface area contributed by atoms with Crippen molar-refractivity contribution in [3.8, 4) is 5.75 Å². The van der Waals surface area contributed by atoms with Gasteiger partial charge in [-0.05, 0) is 48.2 Å². The first-order valence-electron chi connectivity index (χ1n) is 8.57. The van der Waals surface area contributed by atoms with Gasteiger partial charge >= 0.3 is 5.97 Å². The van der Waals surface area contributed by atoms with Crippen LogP contribution in [-0.4, -0.2) is 41.6 Å². The zero-order chi connectivity index (χ0) is 18.0. The summed E-state index contributed by atoms with van der Waals surface area (Å²) in [5.41, 5.74) is 0.936. The summed E-state index contributed by atoms with van der Waals surface area (Å²) in [5.74, 6) is -0.550. The van der Waals surface area contributed by atoms with Gasteiger partial charge in [-0.15, -0.1) is 0 Å². The smallest absolute Gasteiger partial charge is 0.308 e. The molecule has 1 aliphatic rings. The van der Waals surface area contributed by atoms with Crippen LogP contribution < -0.4 is 4.74 Å². The lowest BCUT2D eigenvalue weighted by Gasteiger charge is -2.36. The molecule has 1 saturated heterocycles. The number of aliphatic carboxylic acids is 1. The molecule has 5 nitrogen and oxygen atoms in total. The first-order chi connectivity index (χ1) is 12.0. The summed E-state index contributed by atoms with van der Waals surface area (Å²) in [6.07, 6.45) is 1.62. The third kappa shape index (κ3) is 3.60. The van der Waals surface area contributed by atoms with Crippen LogP contribution in [0.1, 0.15) is 25.3 Å². The van der Waals surface area contributed by atoms with Crippen LogP contribution in [0, 0.1) is 5.92 Å². The summed E-state index contributed by atoms with van der Waals surface area (Å²) < 4.78 is 5.30. The molecule has 1 aliphatic heterocycles. The summed E-state index contributed by atoms with van der Waals surface area (Å²) >= 11 is 0. The van der Waals surface area contributed by atoms with Crippen molar-refractivity contribution in [3.63, 3.8) is 0 Å². The largest absolute Gasteiger partial charge is 0.497 e. The minimum atomic E-state index is -0.820. The van der Waals surface area contributed by atoms with Crippen LogP contribution in [0.4, 0.5) is 0 Å². The van der Waals surface area contributed by atoms with E-state index in [1.165, 1.54) is 0 Å². The molecule has 0 aliphatic carbocycles. The molecule has 2 atom stereocenters. The molecule has 1 fully saturated rings. The quantitative estimate of drug-likeness (QED) is 0.928. The van der Waals surface area contributed by atoms with Gasteiger partial charge in [0.05, 0.1) is 19.4 Å². The average molecular weight is 341 g/mol. The maximum Gasteiger partial charge on any atom is 0.308 e. The Bertz CT molecular complexity index is 801. The summed E-state index contributed by atoms with van der Waals surface area (Å²) in [5, 5.41) is 11.3. The standard InChI is InChI=1S/C20H23NO4/c1-13-6-7-16(20(23)24)12-21(13)19(22)10-15-5-3-4-14-8-9-17(25-2)11-18(14)15/h3-5,8-9,11,13,16H,6-7,10,12H2,1-2H3,(H,23,24). The van der Waals surface area contributed by atoms with E-state index in [4.69, 9.17) is 4.74 Å². The molecule has 2 aromatic rings. The summed E-state index contributed by atoms with van der Waals surface area (Å²) in [6, 6.07) is 11.8. The minimum Gasteiger partial charge on any atom is -0.497 e. The molecule has 1 heterocycles. The van der Waals surface area contributed by atoms with Crippen molar-refractivity contribution in [1.29, 1.82) is 0 Å². The number of carbonyl (C=O) groups is 2. The first-order valence-corrected chi connectivity index (χ1v) is 8.57. The lowest BCUT2D eigenvalue weighted by Crippen LogP contribution is -2.47. The Balaban J connectivity index is 1.85. The monoisotopic (exact) mass is 341 g/mol. The molecule has 0 spiro atoms. The number of piperidine rings is 1. The van der Waals surface area contributed by atoms with E-state index in [1.807, 2.05) is 43.3 Å². The highest BCUT2D eigenvalue weighted by Crippen LogP contribution is 2.27. The zero-order valence-electron chi connectivity index (χ0n) is 14.6. The molecule has 1 amide bonds. The third-order valence-corrected chi connectivity index (χ3v) is 5.07. The second kappa shape index (κ2) is 7.13. The Morgan fingerprint density at radius 2 is 2.04 bits per heavy atom. The van der Waals surface area contributed by atoms with E-state index in [2.05, 4.69) is 0 Å². The molecule has 1 N–H and O–H groups in total. The fourth-order valence-electron chi connectivity index (χ4n) is 3.52. The van der Waals surface area contributed by atoms with E-state index in [0.29, 0.717) is 13.0 Å². The summed E-state index contributed by atoms with van der Waals surface area (Å²) in [7, 11) is 1.62. The van der Waals surface area contributed by atoms with E-state index >= 15 is 0 Å². The number of likely N-dealkylation sites (tertiary alicyclic amines) is 1.